The van der Waals surface area contributed by atoms with Gasteiger partial charge in [-0.2, -0.15) is 0 Å². The Kier molecular flexibility index (Phi) is 2.82. The van der Waals surface area contributed by atoms with Crippen molar-refractivity contribution in [2.45, 2.75) is 51.0 Å². The van der Waals surface area contributed by atoms with E-state index in [1.807, 2.05) is 0 Å². The number of rotatable bonds is 2. The summed E-state index contributed by atoms with van der Waals surface area (Å²) in [6.07, 6.45) is 10.3. The summed E-state index contributed by atoms with van der Waals surface area (Å²) in [6, 6.07) is 0. The van der Waals surface area contributed by atoms with Gasteiger partial charge >= 0.3 is 0 Å². The molecule has 0 amide bonds. The third-order valence-corrected chi connectivity index (χ3v) is 3.80. The maximum atomic E-state index is 5.90. The zero-order valence-electron chi connectivity index (χ0n) is 9.26. The molecule has 1 fully saturated rings. The Balaban J connectivity index is 2.12. The van der Waals surface area contributed by atoms with Crippen LogP contribution in [0.4, 0.5) is 0 Å². The smallest absolute Gasteiger partial charge is 0.0493 e. The highest BCUT2D eigenvalue weighted by molar-refractivity contribution is 5.11. The Hall–Kier alpha value is -0.500. The minimum absolute atomic E-state index is 0.253. The zero-order valence-corrected chi connectivity index (χ0v) is 9.26. The Morgan fingerprint density at radius 3 is 2.93 bits per heavy atom. The minimum Gasteiger partial charge on any atom is -0.368 e. The number of hydrogen-bond donors (Lipinski definition) is 1. The van der Waals surface area contributed by atoms with E-state index in [9.17, 15) is 0 Å². The molecule has 0 radical (unpaired) electrons. The molecule has 0 bridgehead atoms. The summed E-state index contributed by atoms with van der Waals surface area (Å²) in [5, 5.41) is 0. The maximum Gasteiger partial charge on any atom is 0.0493 e. The molecular formula is C12H22N2. The quantitative estimate of drug-likeness (QED) is 0.730. The lowest BCUT2D eigenvalue weighted by Gasteiger charge is -2.39. The van der Waals surface area contributed by atoms with Crippen molar-refractivity contribution in [3.8, 4) is 0 Å². The van der Waals surface area contributed by atoms with Crippen molar-refractivity contribution in [1.82, 2.24) is 4.90 Å². The highest BCUT2D eigenvalue weighted by atomic mass is 15.2. The monoisotopic (exact) mass is 194 g/mol. The molecule has 2 aliphatic rings. The molecule has 0 aromatic rings. The van der Waals surface area contributed by atoms with Crippen LogP contribution in [0.1, 0.15) is 45.4 Å². The first-order valence-electron chi connectivity index (χ1n) is 5.93. The van der Waals surface area contributed by atoms with Crippen LogP contribution in [0, 0.1) is 0 Å². The molecule has 1 atom stereocenters. The second-order valence-corrected chi connectivity index (χ2v) is 4.90. The molecule has 0 aromatic carbocycles. The van der Waals surface area contributed by atoms with Crippen LogP contribution in [-0.4, -0.2) is 23.5 Å². The molecule has 1 aliphatic carbocycles. The molecule has 1 aliphatic heterocycles. The van der Waals surface area contributed by atoms with Crippen LogP contribution in [-0.2, 0) is 0 Å². The minimum atomic E-state index is 0.253. The fourth-order valence-corrected chi connectivity index (χ4v) is 2.79. The van der Waals surface area contributed by atoms with Gasteiger partial charge in [-0.15, -0.1) is 0 Å². The lowest BCUT2D eigenvalue weighted by atomic mass is 9.96. The van der Waals surface area contributed by atoms with Gasteiger partial charge in [0, 0.05) is 24.3 Å². The highest BCUT2D eigenvalue weighted by Crippen LogP contribution is 2.34. The molecule has 2 N–H and O–H groups in total. The first kappa shape index (κ1) is 10.0. The molecular weight excluding hydrogens is 172 g/mol. The lowest BCUT2D eigenvalue weighted by molar-refractivity contribution is 0.202. The van der Waals surface area contributed by atoms with E-state index in [-0.39, 0.29) is 5.54 Å². The second-order valence-electron chi connectivity index (χ2n) is 4.90. The van der Waals surface area contributed by atoms with Gasteiger partial charge in [-0.3, -0.25) is 0 Å². The number of nitrogens with two attached hydrogens (primary N) is 1. The number of nitrogens with zero attached hydrogens (tertiary/aromatic N) is 1. The average molecular weight is 194 g/mol. The summed E-state index contributed by atoms with van der Waals surface area (Å²) >= 11 is 0. The van der Waals surface area contributed by atoms with Crippen LogP contribution >= 0.6 is 0 Å². The van der Waals surface area contributed by atoms with E-state index in [0.717, 1.165) is 6.54 Å². The highest BCUT2D eigenvalue weighted by Gasteiger charge is 2.36. The van der Waals surface area contributed by atoms with Crippen molar-refractivity contribution in [2.24, 2.45) is 5.73 Å². The first-order valence-corrected chi connectivity index (χ1v) is 5.93. The van der Waals surface area contributed by atoms with Crippen molar-refractivity contribution in [3.05, 3.63) is 11.8 Å². The lowest BCUT2D eigenvalue weighted by Crippen LogP contribution is -2.46. The Morgan fingerprint density at radius 1 is 1.43 bits per heavy atom. The zero-order chi connectivity index (χ0) is 10.0. The standard InChI is InChI=1S/C12H22N2/c1-12(10-13)8-5-9-14(12)11-6-3-2-4-7-11/h6H,2-5,7-10,13H2,1H3. The third kappa shape index (κ3) is 1.68. The summed E-state index contributed by atoms with van der Waals surface area (Å²) in [5.41, 5.74) is 7.72. The molecule has 2 heteroatoms. The van der Waals surface area contributed by atoms with Gasteiger partial charge in [0.2, 0.25) is 0 Å². The molecule has 1 saturated heterocycles. The summed E-state index contributed by atoms with van der Waals surface area (Å²) < 4.78 is 0. The van der Waals surface area contributed by atoms with E-state index in [2.05, 4.69) is 17.9 Å². The van der Waals surface area contributed by atoms with Crippen LogP contribution < -0.4 is 5.73 Å². The van der Waals surface area contributed by atoms with E-state index in [4.69, 9.17) is 5.73 Å². The molecule has 2 nitrogen and oxygen atoms in total. The second kappa shape index (κ2) is 3.93. The first-order chi connectivity index (χ1) is 6.76. The fraction of sp³-hybridized carbons (Fsp3) is 0.833. The van der Waals surface area contributed by atoms with Crippen LogP contribution in [0.3, 0.4) is 0 Å². The van der Waals surface area contributed by atoms with E-state index >= 15 is 0 Å². The Bertz CT molecular complexity index is 234. The van der Waals surface area contributed by atoms with Crippen LogP contribution in [0.5, 0.6) is 0 Å². The van der Waals surface area contributed by atoms with Gasteiger partial charge in [0.15, 0.2) is 0 Å². The van der Waals surface area contributed by atoms with Crippen molar-refractivity contribution in [1.29, 1.82) is 0 Å². The summed E-state index contributed by atoms with van der Waals surface area (Å²) in [6.45, 7) is 4.33. The molecule has 14 heavy (non-hydrogen) atoms. The topological polar surface area (TPSA) is 29.3 Å². The maximum absolute atomic E-state index is 5.90. The average Bonchev–Trinajstić information content (AvgIpc) is 2.63. The number of allylic oxidation sites excluding steroid dienone is 2. The molecule has 80 valence electrons. The van der Waals surface area contributed by atoms with Gasteiger partial charge in [0.05, 0.1) is 0 Å². The molecule has 2 rings (SSSR count). The van der Waals surface area contributed by atoms with Gasteiger partial charge in [0.1, 0.15) is 0 Å². The van der Waals surface area contributed by atoms with Gasteiger partial charge in [-0.25, -0.2) is 0 Å². The van der Waals surface area contributed by atoms with Gasteiger partial charge in [-0.1, -0.05) is 6.08 Å². The van der Waals surface area contributed by atoms with Gasteiger partial charge < -0.3 is 10.6 Å². The Morgan fingerprint density at radius 2 is 2.29 bits per heavy atom. The summed E-state index contributed by atoms with van der Waals surface area (Å²) in [5.74, 6) is 0. The molecule has 0 aromatic heterocycles. The third-order valence-electron chi connectivity index (χ3n) is 3.80. The van der Waals surface area contributed by atoms with Crippen molar-refractivity contribution >= 4 is 0 Å². The molecule has 1 heterocycles. The predicted molar refractivity (Wildman–Crippen MR) is 60.0 cm³/mol. The van der Waals surface area contributed by atoms with E-state index in [1.54, 1.807) is 5.70 Å². The van der Waals surface area contributed by atoms with Crippen LogP contribution in [0.2, 0.25) is 0 Å². The van der Waals surface area contributed by atoms with Crippen molar-refractivity contribution in [3.63, 3.8) is 0 Å². The normalized spacial score (nSPS) is 33.3. The fourth-order valence-electron chi connectivity index (χ4n) is 2.79. The number of hydrogen-bond acceptors (Lipinski definition) is 2. The van der Waals surface area contributed by atoms with Crippen molar-refractivity contribution in [2.75, 3.05) is 13.1 Å². The van der Waals surface area contributed by atoms with Gasteiger partial charge in [0.25, 0.3) is 0 Å². The SMILES string of the molecule is CC1(CN)CCCN1C1=CCCCC1. The molecule has 0 saturated carbocycles. The van der Waals surface area contributed by atoms with Crippen LogP contribution in [0.15, 0.2) is 11.8 Å². The number of likely N-dealkylation sites (tertiary alicyclic amines) is 1. The van der Waals surface area contributed by atoms with E-state index < -0.39 is 0 Å². The van der Waals surface area contributed by atoms with Crippen LogP contribution in [0.25, 0.3) is 0 Å². The molecule has 1 unspecified atom stereocenters. The predicted octanol–water partition coefficient (Wildman–Crippen LogP) is 2.26. The Labute approximate surface area is 87.2 Å². The largest absolute Gasteiger partial charge is 0.368 e. The molecule has 0 spiro atoms. The van der Waals surface area contributed by atoms with E-state index in [1.165, 1.54) is 45.1 Å². The van der Waals surface area contributed by atoms with Gasteiger partial charge in [-0.05, 0) is 45.4 Å². The van der Waals surface area contributed by atoms with Crippen molar-refractivity contribution < 1.29 is 0 Å². The summed E-state index contributed by atoms with van der Waals surface area (Å²) in [4.78, 5) is 2.58. The summed E-state index contributed by atoms with van der Waals surface area (Å²) in [7, 11) is 0. The van der Waals surface area contributed by atoms with E-state index in [0.29, 0.717) is 0 Å².